The van der Waals surface area contributed by atoms with E-state index in [4.69, 9.17) is 0 Å². The van der Waals surface area contributed by atoms with Crippen LogP contribution in [0, 0.1) is 6.92 Å². The lowest BCUT2D eigenvalue weighted by molar-refractivity contribution is 0.401. The van der Waals surface area contributed by atoms with Gasteiger partial charge >= 0.3 is 0 Å². The van der Waals surface area contributed by atoms with Crippen LogP contribution in [-0.2, 0) is 6.54 Å². The van der Waals surface area contributed by atoms with Gasteiger partial charge in [-0.3, -0.25) is 0 Å². The lowest BCUT2D eigenvalue weighted by Crippen LogP contribution is -2.37. The van der Waals surface area contributed by atoms with Crippen LogP contribution in [0.3, 0.4) is 0 Å². The first-order valence-corrected chi connectivity index (χ1v) is 6.19. The molecule has 1 aliphatic rings. The molecule has 0 aromatic heterocycles. The predicted octanol–water partition coefficient (Wildman–Crippen LogP) is 2.70. The molecule has 1 saturated carbocycles. The van der Waals surface area contributed by atoms with Gasteiger partial charge in [-0.1, -0.05) is 12.1 Å². The van der Waals surface area contributed by atoms with Crippen molar-refractivity contribution in [3.8, 4) is 0 Å². The van der Waals surface area contributed by atoms with Crippen molar-refractivity contribution in [1.29, 1.82) is 0 Å². The summed E-state index contributed by atoms with van der Waals surface area (Å²) in [5, 5.41) is 3.19. The standard InChI is InChI=1S/C14H22N2/c1-11-9-12(10-15-2)7-8-14(11)16(3)13-5-4-6-13/h7-9,13,15H,4-6,10H2,1-3H3. The first kappa shape index (κ1) is 11.5. The van der Waals surface area contributed by atoms with Crippen molar-refractivity contribution in [2.24, 2.45) is 0 Å². The molecule has 0 radical (unpaired) electrons. The first-order chi connectivity index (χ1) is 7.72. The fraction of sp³-hybridized carbons (Fsp3) is 0.571. The molecule has 1 N–H and O–H groups in total. The van der Waals surface area contributed by atoms with Crippen molar-refractivity contribution in [1.82, 2.24) is 5.32 Å². The van der Waals surface area contributed by atoms with Crippen molar-refractivity contribution in [3.05, 3.63) is 29.3 Å². The fourth-order valence-electron chi connectivity index (χ4n) is 2.40. The Morgan fingerprint density at radius 3 is 2.62 bits per heavy atom. The van der Waals surface area contributed by atoms with Crippen LogP contribution in [0.4, 0.5) is 5.69 Å². The summed E-state index contributed by atoms with van der Waals surface area (Å²) >= 11 is 0. The van der Waals surface area contributed by atoms with E-state index in [0.29, 0.717) is 0 Å². The normalized spacial score (nSPS) is 15.9. The van der Waals surface area contributed by atoms with Gasteiger partial charge in [-0.05, 0) is 50.4 Å². The number of hydrogen-bond donors (Lipinski definition) is 1. The van der Waals surface area contributed by atoms with Crippen LogP contribution in [0.25, 0.3) is 0 Å². The van der Waals surface area contributed by atoms with Gasteiger partial charge in [0.2, 0.25) is 0 Å². The maximum Gasteiger partial charge on any atom is 0.0396 e. The Morgan fingerprint density at radius 1 is 1.38 bits per heavy atom. The van der Waals surface area contributed by atoms with E-state index < -0.39 is 0 Å². The van der Waals surface area contributed by atoms with Crippen molar-refractivity contribution in [2.75, 3.05) is 19.0 Å². The molecule has 1 aliphatic carbocycles. The van der Waals surface area contributed by atoms with Gasteiger partial charge in [0, 0.05) is 25.3 Å². The third kappa shape index (κ3) is 2.22. The SMILES string of the molecule is CNCc1ccc(N(C)C2CCC2)c(C)c1. The van der Waals surface area contributed by atoms with Crippen LogP contribution in [0.2, 0.25) is 0 Å². The molecule has 2 nitrogen and oxygen atoms in total. The van der Waals surface area contributed by atoms with Crippen molar-refractivity contribution < 1.29 is 0 Å². The zero-order valence-electron chi connectivity index (χ0n) is 10.6. The lowest BCUT2D eigenvalue weighted by atomic mass is 9.91. The largest absolute Gasteiger partial charge is 0.371 e. The van der Waals surface area contributed by atoms with Crippen LogP contribution in [0.5, 0.6) is 0 Å². The van der Waals surface area contributed by atoms with E-state index in [-0.39, 0.29) is 0 Å². The summed E-state index contributed by atoms with van der Waals surface area (Å²) in [6.45, 7) is 3.16. The molecule has 0 spiro atoms. The van der Waals surface area contributed by atoms with Gasteiger partial charge in [-0.25, -0.2) is 0 Å². The third-order valence-corrected chi connectivity index (χ3v) is 3.64. The second kappa shape index (κ2) is 4.88. The number of nitrogens with one attached hydrogen (secondary N) is 1. The molecule has 16 heavy (non-hydrogen) atoms. The highest BCUT2D eigenvalue weighted by molar-refractivity contribution is 5.55. The maximum atomic E-state index is 3.19. The highest BCUT2D eigenvalue weighted by atomic mass is 15.1. The van der Waals surface area contributed by atoms with Crippen molar-refractivity contribution in [2.45, 2.75) is 38.8 Å². The van der Waals surface area contributed by atoms with Crippen LogP contribution < -0.4 is 10.2 Å². The number of anilines is 1. The van der Waals surface area contributed by atoms with E-state index in [1.807, 2.05) is 7.05 Å². The van der Waals surface area contributed by atoms with E-state index in [9.17, 15) is 0 Å². The summed E-state index contributed by atoms with van der Waals surface area (Å²) in [5.74, 6) is 0. The van der Waals surface area contributed by atoms with Gasteiger partial charge < -0.3 is 10.2 Å². The maximum absolute atomic E-state index is 3.19. The van der Waals surface area contributed by atoms with Gasteiger partial charge in [0.05, 0.1) is 0 Å². The molecule has 88 valence electrons. The second-order valence-electron chi connectivity index (χ2n) is 4.85. The molecule has 1 aromatic carbocycles. The highest BCUT2D eigenvalue weighted by Crippen LogP contribution is 2.30. The average molecular weight is 218 g/mol. The molecule has 0 atom stereocenters. The smallest absolute Gasteiger partial charge is 0.0396 e. The molecular weight excluding hydrogens is 196 g/mol. The number of hydrogen-bond acceptors (Lipinski definition) is 2. The third-order valence-electron chi connectivity index (χ3n) is 3.64. The van der Waals surface area contributed by atoms with Crippen molar-refractivity contribution >= 4 is 5.69 Å². The van der Waals surface area contributed by atoms with Gasteiger partial charge in [0.1, 0.15) is 0 Å². The van der Waals surface area contributed by atoms with Crippen molar-refractivity contribution in [3.63, 3.8) is 0 Å². The Balaban J connectivity index is 2.14. The number of aryl methyl sites for hydroxylation is 1. The molecule has 0 heterocycles. The van der Waals surface area contributed by atoms with Crippen LogP contribution in [0.1, 0.15) is 30.4 Å². The molecule has 0 aliphatic heterocycles. The average Bonchev–Trinajstić information content (AvgIpc) is 2.15. The van der Waals surface area contributed by atoms with Crippen LogP contribution >= 0.6 is 0 Å². The Hall–Kier alpha value is -1.02. The van der Waals surface area contributed by atoms with Gasteiger partial charge in [-0.15, -0.1) is 0 Å². The van der Waals surface area contributed by atoms with E-state index in [1.165, 1.54) is 36.1 Å². The van der Waals surface area contributed by atoms with Gasteiger partial charge in [0.15, 0.2) is 0 Å². The summed E-state index contributed by atoms with van der Waals surface area (Å²) in [5.41, 5.74) is 4.15. The topological polar surface area (TPSA) is 15.3 Å². The van der Waals surface area contributed by atoms with E-state index >= 15 is 0 Å². The van der Waals surface area contributed by atoms with E-state index in [2.05, 4.69) is 42.4 Å². The summed E-state index contributed by atoms with van der Waals surface area (Å²) in [4.78, 5) is 2.45. The van der Waals surface area contributed by atoms with Gasteiger partial charge in [0.25, 0.3) is 0 Å². The van der Waals surface area contributed by atoms with Gasteiger partial charge in [-0.2, -0.15) is 0 Å². The van der Waals surface area contributed by atoms with Crippen LogP contribution in [0.15, 0.2) is 18.2 Å². The summed E-state index contributed by atoms with van der Waals surface area (Å²) in [6, 6.07) is 7.56. The summed E-state index contributed by atoms with van der Waals surface area (Å²) in [7, 11) is 4.22. The highest BCUT2D eigenvalue weighted by Gasteiger charge is 2.22. The molecule has 0 unspecified atom stereocenters. The molecule has 0 bridgehead atoms. The Kier molecular flexibility index (Phi) is 3.49. The number of rotatable bonds is 4. The zero-order chi connectivity index (χ0) is 11.5. The monoisotopic (exact) mass is 218 g/mol. The number of nitrogens with zero attached hydrogens (tertiary/aromatic N) is 1. The summed E-state index contributed by atoms with van der Waals surface area (Å²) in [6.07, 6.45) is 4.11. The fourth-order valence-corrected chi connectivity index (χ4v) is 2.40. The second-order valence-corrected chi connectivity index (χ2v) is 4.85. The Labute approximate surface area is 98.7 Å². The molecule has 2 rings (SSSR count). The Bertz CT molecular complexity index is 356. The molecule has 0 amide bonds. The van der Waals surface area contributed by atoms with Crippen LogP contribution in [-0.4, -0.2) is 20.1 Å². The molecular formula is C14H22N2. The van der Waals surface area contributed by atoms with E-state index in [1.54, 1.807) is 0 Å². The molecule has 1 fully saturated rings. The minimum absolute atomic E-state index is 0.772. The van der Waals surface area contributed by atoms with E-state index in [0.717, 1.165) is 12.6 Å². The quantitative estimate of drug-likeness (QED) is 0.836. The predicted molar refractivity (Wildman–Crippen MR) is 70.0 cm³/mol. The lowest BCUT2D eigenvalue weighted by Gasteiger charge is -2.37. The minimum Gasteiger partial charge on any atom is -0.371 e. The summed E-state index contributed by atoms with van der Waals surface area (Å²) < 4.78 is 0. The molecule has 0 saturated heterocycles. The molecule has 1 aromatic rings. The first-order valence-electron chi connectivity index (χ1n) is 6.19. The number of benzene rings is 1. The zero-order valence-corrected chi connectivity index (χ0v) is 10.6. The minimum atomic E-state index is 0.772. The molecule has 2 heteroatoms. The Morgan fingerprint density at radius 2 is 2.12 bits per heavy atom.